The van der Waals surface area contributed by atoms with E-state index in [1.54, 1.807) is 12.1 Å². The summed E-state index contributed by atoms with van der Waals surface area (Å²) in [5, 5.41) is 2.67. The first-order valence-electron chi connectivity index (χ1n) is 9.58. The molecule has 0 unspecified atom stereocenters. The summed E-state index contributed by atoms with van der Waals surface area (Å²) in [7, 11) is -2.45. The second-order valence-corrected chi connectivity index (χ2v) is 9.06. The van der Waals surface area contributed by atoms with E-state index in [2.05, 4.69) is 10.1 Å². The van der Waals surface area contributed by atoms with Gasteiger partial charge in [-0.1, -0.05) is 29.8 Å². The minimum absolute atomic E-state index is 0.272. The van der Waals surface area contributed by atoms with E-state index in [0.29, 0.717) is 30.8 Å². The standard InChI is InChI=1S/C21H25N3O5S/c1-16-4-6-17(7-5-16)14-23-12-3-13-24(30(23,27)28)15-20(25)22-19-10-8-18(9-11-19)21(26)29-2/h4-11H,3,12-15H2,1-2H3,(H,22,25). The lowest BCUT2D eigenvalue weighted by Gasteiger charge is -2.34. The van der Waals surface area contributed by atoms with Crippen molar-refractivity contribution in [2.24, 2.45) is 0 Å². The van der Waals surface area contributed by atoms with Gasteiger partial charge in [0, 0.05) is 25.3 Å². The summed E-state index contributed by atoms with van der Waals surface area (Å²) in [5.41, 5.74) is 2.85. The fraction of sp³-hybridized carbons (Fsp3) is 0.333. The monoisotopic (exact) mass is 431 g/mol. The Hall–Kier alpha value is -2.75. The third kappa shape index (κ3) is 5.24. The van der Waals surface area contributed by atoms with Gasteiger partial charge in [-0.15, -0.1) is 0 Å². The summed E-state index contributed by atoms with van der Waals surface area (Å²) in [4.78, 5) is 23.9. The van der Waals surface area contributed by atoms with E-state index in [0.717, 1.165) is 11.1 Å². The van der Waals surface area contributed by atoms with Gasteiger partial charge < -0.3 is 10.1 Å². The Labute approximate surface area is 176 Å². The normalized spacial score (nSPS) is 16.7. The summed E-state index contributed by atoms with van der Waals surface area (Å²) in [6.07, 6.45) is 0.645. The molecule has 8 nitrogen and oxygen atoms in total. The molecule has 2 aromatic carbocycles. The lowest BCUT2D eigenvalue weighted by Crippen LogP contribution is -2.51. The van der Waals surface area contributed by atoms with Crippen LogP contribution in [0.1, 0.15) is 27.9 Å². The number of anilines is 1. The van der Waals surface area contributed by atoms with Crippen LogP contribution >= 0.6 is 0 Å². The molecule has 0 bridgehead atoms. The predicted octanol–water partition coefficient (Wildman–Crippen LogP) is 2.17. The summed E-state index contributed by atoms with van der Waals surface area (Å²) in [6, 6.07) is 13.9. The summed E-state index contributed by atoms with van der Waals surface area (Å²) >= 11 is 0. The van der Waals surface area contributed by atoms with Crippen LogP contribution in [0.5, 0.6) is 0 Å². The van der Waals surface area contributed by atoms with Crippen molar-refractivity contribution in [2.45, 2.75) is 19.9 Å². The first-order chi connectivity index (χ1) is 14.3. The molecule has 0 atom stereocenters. The highest BCUT2D eigenvalue weighted by Gasteiger charge is 2.34. The van der Waals surface area contributed by atoms with Crippen LogP contribution in [-0.2, 0) is 26.3 Å². The molecule has 160 valence electrons. The maximum Gasteiger partial charge on any atom is 0.337 e. The van der Waals surface area contributed by atoms with Gasteiger partial charge in [0.2, 0.25) is 5.91 Å². The zero-order chi connectivity index (χ0) is 21.7. The van der Waals surface area contributed by atoms with Gasteiger partial charge in [0.1, 0.15) is 0 Å². The zero-order valence-electron chi connectivity index (χ0n) is 17.0. The zero-order valence-corrected chi connectivity index (χ0v) is 17.8. The van der Waals surface area contributed by atoms with E-state index in [1.165, 1.54) is 27.9 Å². The van der Waals surface area contributed by atoms with Gasteiger partial charge in [0.25, 0.3) is 10.2 Å². The summed E-state index contributed by atoms with van der Waals surface area (Å²) in [5.74, 6) is -0.914. The largest absolute Gasteiger partial charge is 0.465 e. The van der Waals surface area contributed by atoms with Gasteiger partial charge in [0.05, 0.1) is 19.2 Å². The maximum absolute atomic E-state index is 12.9. The van der Waals surface area contributed by atoms with Crippen LogP contribution in [0.15, 0.2) is 48.5 Å². The third-order valence-corrected chi connectivity index (χ3v) is 6.79. The molecule has 0 radical (unpaired) electrons. The number of carbonyl (C=O) groups is 2. The van der Waals surface area contributed by atoms with E-state index >= 15 is 0 Å². The van der Waals surface area contributed by atoms with Crippen LogP contribution in [0.3, 0.4) is 0 Å². The molecule has 1 N–H and O–H groups in total. The molecule has 0 aromatic heterocycles. The quantitative estimate of drug-likeness (QED) is 0.707. The number of methoxy groups -OCH3 is 1. The average Bonchev–Trinajstić information content (AvgIpc) is 2.72. The number of rotatable bonds is 6. The first kappa shape index (κ1) is 21.9. The first-order valence-corrected chi connectivity index (χ1v) is 11.0. The second kappa shape index (κ2) is 9.38. The highest BCUT2D eigenvalue weighted by molar-refractivity contribution is 7.86. The van der Waals surface area contributed by atoms with Crippen molar-refractivity contribution in [3.8, 4) is 0 Å². The number of hydrogen-bond acceptors (Lipinski definition) is 5. The van der Waals surface area contributed by atoms with Gasteiger partial charge in [0.15, 0.2) is 0 Å². The van der Waals surface area contributed by atoms with Gasteiger partial charge in [-0.3, -0.25) is 4.79 Å². The Morgan fingerprint density at radius 2 is 1.63 bits per heavy atom. The number of ether oxygens (including phenoxy) is 1. The van der Waals surface area contributed by atoms with Crippen LogP contribution in [0, 0.1) is 6.92 Å². The van der Waals surface area contributed by atoms with E-state index in [9.17, 15) is 18.0 Å². The van der Waals surface area contributed by atoms with E-state index in [1.807, 2.05) is 31.2 Å². The fourth-order valence-corrected chi connectivity index (χ4v) is 4.84. The van der Waals surface area contributed by atoms with E-state index in [-0.39, 0.29) is 13.1 Å². The average molecular weight is 432 g/mol. The molecule has 3 rings (SSSR count). The van der Waals surface area contributed by atoms with Gasteiger partial charge in [-0.2, -0.15) is 17.0 Å². The van der Waals surface area contributed by atoms with Crippen molar-refractivity contribution in [3.05, 3.63) is 65.2 Å². The molecule has 1 aliphatic heterocycles. The molecule has 1 amide bonds. The smallest absolute Gasteiger partial charge is 0.337 e. The van der Waals surface area contributed by atoms with Crippen molar-refractivity contribution in [1.82, 2.24) is 8.61 Å². The molecule has 9 heteroatoms. The Morgan fingerprint density at radius 3 is 2.27 bits per heavy atom. The van der Waals surface area contributed by atoms with Crippen LogP contribution in [0.4, 0.5) is 5.69 Å². The van der Waals surface area contributed by atoms with E-state index < -0.39 is 22.1 Å². The van der Waals surface area contributed by atoms with Gasteiger partial charge in [-0.05, 0) is 43.2 Å². The molecular formula is C21H25N3O5S. The Bertz CT molecular complexity index is 1000. The Kier molecular flexibility index (Phi) is 6.86. The van der Waals surface area contributed by atoms with E-state index in [4.69, 9.17) is 0 Å². The lowest BCUT2D eigenvalue weighted by molar-refractivity contribution is -0.116. The number of benzene rings is 2. The van der Waals surface area contributed by atoms with Crippen LogP contribution in [0.2, 0.25) is 0 Å². The molecule has 30 heavy (non-hydrogen) atoms. The summed E-state index contributed by atoms with van der Waals surface area (Å²) < 4.78 is 33.1. The molecule has 1 aliphatic rings. The number of nitrogens with one attached hydrogen (secondary N) is 1. The van der Waals surface area contributed by atoms with Crippen molar-refractivity contribution in [1.29, 1.82) is 0 Å². The van der Waals surface area contributed by atoms with Crippen LogP contribution < -0.4 is 5.32 Å². The summed E-state index contributed by atoms with van der Waals surface area (Å²) in [6.45, 7) is 2.69. The third-order valence-electron chi connectivity index (χ3n) is 4.86. The topological polar surface area (TPSA) is 96.0 Å². The molecule has 0 aliphatic carbocycles. The molecule has 1 saturated heterocycles. The number of carbonyl (C=O) groups excluding carboxylic acids is 2. The molecule has 1 heterocycles. The highest BCUT2D eigenvalue weighted by Crippen LogP contribution is 2.20. The molecule has 0 spiro atoms. The van der Waals surface area contributed by atoms with Crippen molar-refractivity contribution in [3.63, 3.8) is 0 Å². The number of aryl methyl sites for hydroxylation is 1. The number of hydrogen-bond donors (Lipinski definition) is 1. The molecule has 2 aromatic rings. The lowest BCUT2D eigenvalue weighted by atomic mass is 10.1. The number of amides is 1. The molecule has 1 fully saturated rings. The van der Waals surface area contributed by atoms with Crippen molar-refractivity contribution < 1.29 is 22.7 Å². The van der Waals surface area contributed by atoms with Crippen LogP contribution in [-0.4, -0.2) is 55.6 Å². The fourth-order valence-electron chi connectivity index (χ4n) is 3.20. The van der Waals surface area contributed by atoms with Crippen molar-refractivity contribution >= 4 is 27.8 Å². The highest BCUT2D eigenvalue weighted by atomic mass is 32.2. The predicted molar refractivity (Wildman–Crippen MR) is 113 cm³/mol. The minimum atomic E-state index is -3.74. The van der Waals surface area contributed by atoms with Gasteiger partial charge >= 0.3 is 5.97 Å². The molecular weight excluding hydrogens is 406 g/mol. The minimum Gasteiger partial charge on any atom is -0.465 e. The maximum atomic E-state index is 12.9. The number of esters is 1. The van der Waals surface area contributed by atoms with Crippen molar-refractivity contribution in [2.75, 3.05) is 32.1 Å². The van der Waals surface area contributed by atoms with Crippen LogP contribution in [0.25, 0.3) is 0 Å². The number of nitrogens with zero attached hydrogens (tertiary/aromatic N) is 2. The molecule has 0 saturated carbocycles. The Balaban J connectivity index is 1.62. The van der Waals surface area contributed by atoms with Gasteiger partial charge in [-0.25, -0.2) is 4.79 Å². The second-order valence-electron chi connectivity index (χ2n) is 7.13. The SMILES string of the molecule is COC(=O)c1ccc(NC(=O)CN2CCCN(Cc3ccc(C)cc3)S2(=O)=O)cc1. The Morgan fingerprint density at radius 1 is 1.00 bits per heavy atom.